The summed E-state index contributed by atoms with van der Waals surface area (Å²) in [5.74, 6) is 0. The number of hydrogen-bond acceptors (Lipinski definition) is 3. The van der Waals surface area contributed by atoms with E-state index in [1.54, 1.807) is 19.1 Å². The second-order valence-corrected chi connectivity index (χ2v) is 4.09. The molecule has 0 saturated carbocycles. The van der Waals surface area contributed by atoms with Crippen LogP contribution >= 0.6 is 0 Å². The zero-order valence-electron chi connectivity index (χ0n) is 7.82. The van der Waals surface area contributed by atoms with Crippen molar-refractivity contribution in [2.75, 3.05) is 12.0 Å². The largest absolute Gasteiger partial charge is 0.307 e. The molecule has 1 aromatic rings. The molecule has 3 N–H and O–H groups in total. The maximum Gasteiger partial charge on any atom is 0.293 e. The molecule has 0 saturated heterocycles. The van der Waals surface area contributed by atoms with E-state index in [-0.39, 0.29) is 0 Å². The molecule has 1 rings (SSSR count). The summed E-state index contributed by atoms with van der Waals surface area (Å²) in [6.07, 6.45) is 0. The van der Waals surface area contributed by atoms with Gasteiger partial charge < -0.3 is 5.43 Å². The molecule has 0 radical (unpaired) electrons. The van der Waals surface area contributed by atoms with Crippen LogP contribution in [-0.2, 0) is 10.2 Å². The minimum atomic E-state index is -3.44. The smallest absolute Gasteiger partial charge is 0.293 e. The Kier molecular flexibility index (Phi) is 3.87. The molecule has 14 heavy (non-hydrogen) atoms. The van der Waals surface area contributed by atoms with Crippen LogP contribution in [0.5, 0.6) is 0 Å². The second-order valence-electron chi connectivity index (χ2n) is 2.59. The first-order valence-corrected chi connectivity index (χ1v) is 5.70. The lowest BCUT2D eigenvalue weighted by Gasteiger charge is -2.08. The fourth-order valence-electron chi connectivity index (χ4n) is 0.874. The number of nitrogens with one attached hydrogen (secondary N) is 3. The summed E-state index contributed by atoms with van der Waals surface area (Å²) in [5, 5.41) is 0. The fraction of sp³-hybridized carbons (Fsp3) is 0.250. The highest BCUT2D eigenvalue weighted by molar-refractivity contribution is 7.87. The minimum Gasteiger partial charge on any atom is -0.307 e. The Labute approximate surface area is 83.7 Å². The molecule has 78 valence electrons. The first kappa shape index (κ1) is 11.0. The number of hydrazine groups is 1. The molecule has 0 bridgehead atoms. The molecule has 0 aliphatic heterocycles. The number of hydrogen-bond donors (Lipinski definition) is 3. The molecule has 5 nitrogen and oxygen atoms in total. The molecule has 0 aromatic heterocycles. The highest BCUT2D eigenvalue weighted by Crippen LogP contribution is 2.02. The predicted octanol–water partition coefficient (Wildman–Crippen LogP) is 0.457. The van der Waals surface area contributed by atoms with Crippen molar-refractivity contribution in [3.05, 3.63) is 30.3 Å². The first-order chi connectivity index (χ1) is 6.64. The zero-order chi connectivity index (χ0) is 10.4. The van der Waals surface area contributed by atoms with Crippen LogP contribution in [0.3, 0.4) is 0 Å². The molecule has 0 heterocycles. The van der Waals surface area contributed by atoms with E-state index in [2.05, 4.69) is 15.0 Å². The monoisotopic (exact) mass is 215 g/mol. The van der Waals surface area contributed by atoms with Crippen molar-refractivity contribution in [1.82, 2.24) is 9.55 Å². The summed E-state index contributed by atoms with van der Waals surface area (Å²) in [6, 6.07) is 8.99. The normalized spacial score (nSPS) is 11.2. The topological polar surface area (TPSA) is 70.2 Å². The Morgan fingerprint density at radius 2 is 1.86 bits per heavy atom. The first-order valence-electron chi connectivity index (χ1n) is 4.21. The Hall–Kier alpha value is -1.11. The van der Waals surface area contributed by atoms with Gasteiger partial charge >= 0.3 is 0 Å². The van der Waals surface area contributed by atoms with Gasteiger partial charge in [-0.1, -0.05) is 25.1 Å². The number of anilines is 1. The highest BCUT2D eigenvalue weighted by Gasteiger charge is 2.05. The summed E-state index contributed by atoms with van der Waals surface area (Å²) in [7, 11) is -3.44. The lowest BCUT2D eigenvalue weighted by Crippen LogP contribution is -2.39. The quantitative estimate of drug-likeness (QED) is 0.625. The van der Waals surface area contributed by atoms with Crippen LogP contribution in [0.15, 0.2) is 30.3 Å². The van der Waals surface area contributed by atoms with E-state index in [0.29, 0.717) is 12.2 Å². The lowest BCUT2D eigenvalue weighted by molar-refractivity contribution is 0.575. The van der Waals surface area contributed by atoms with Gasteiger partial charge in [0.2, 0.25) is 0 Å². The zero-order valence-corrected chi connectivity index (χ0v) is 8.64. The van der Waals surface area contributed by atoms with E-state index in [1.165, 1.54) is 0 Å². The van der Waals surface area contributed by atoms with Crippen LogP contribution in [0.1, 0.15) is 6.92 Å². The van der Waals surface area contributed by atoms with Gasteiger partial charge in [-0.3, -0.25) is 0 Å². The maximum atomic E-state index is 11.1. The van der Waals surface area contributed by atoms with Crippen LogP contribution in [-0.4, -0.2) is 15.0 Å². The SMILES string of the molecule is CCNS(=O)(=O)NNc1ccccc1. The average Bonchev–Trinajstić information content (AvgIpc) is 2.17. The molecule has 0 spiro atoms. The van der Waals surface area contributed by atoms with Gasteiger partial charge in [-0.25, -0.2) is 4.72 Å². The van der Waals surface area contributed by atoms with Crippen molar-refractivity contribution in [1.29, 1.82) is 0 Å². The summed E-state index contributed by atoms with van der Waals surface area (Å²) < 4.78 is 24.5. The third kappa shape index (κ3) is 3.73. The van der Waals surface area contributed by atoms with E-state index in [4.69, 9.17) is 0 Å². The molecule has 0 atom stereocenters. The third-order valence-corrected chi connectivity index (χ3v) is 2.48. The van der Waals surface area contributed by atoms with Gasteiger partial charge in [0.05, 0.1) is 0 Å². The number of benzene rings is 1. The van der Waals surface area contributed by atoms with Crippen LogP contribution in [0.2, 0.25) is 0 Å². The van der Waals surface area contributed by atoms with Gasteiger partial charge in [-0.05, 0) is 12.1 Å². The molecule has 0 unspecified atom stereocenters. The van der Waals surface area contributed by atoms with Gasteiger partial charge in [-0.2, -0.15) is 8.42 Å². The number of rotatable bonds is 5. The molecule has 0 aliphatic carbocycles. The summed E-state index contributed by atoms with van der Waals surface area (Å²) in [5.41, 5.74) is 3.26. The van der Waals surface area contributed by atoms with Crippen molar-refractivity contribution >= 4 is 15.9 Å². The average molecular weight is 215 g/mol. The second kappa shape index (κ2) is 4.94. The van der Waals surface area contributed by atoms with Crippen molar-refractivity contribution in [2.24, 2.45) is 0 Å². The molecule has 0 fully saturated rings. The van der Waals surface area contributed by atoms with Crippen molar-refractivity contribution in [3.8, 4) is 0 Å². The Bertz CT molecular complexity index is 363. The Morgan fingerprint density at radius 1 is 1.21 bits per heavy atom. The van der Waals surface area contributed by atoms with E-state index >= 15 is 0 Å². The van der Waals surface area contributed by atoms with E-state index in [9.17, 15) is 8.42 Å². The van der Waals surface area contributed by atoms with Crippen molar-refractivity contribution in [2.45, 2.75) is 6.92 Å². The fourth-order valence-corrected chi connectivity index (χ4v) is 1.58. The highest BCUT2D eigenvalue weighted by atomic mass is 32.2. The maximum absolute atomic E-state index is 11.1. The Balaban J connectivity index is 2.49. The van der Waals surface area contributed by atoms with E-state index in [0.717, 1.165) is 0 Å². The minimum absolute atomic E-state index is 0.353. The summed E-state index contributed by atoms with van der Waals surface area (Å²) in [6.45, 7) is 2.06. The summed E-state index contributed by atoms with van der Waals surface area (Å²) >= 11 is 0. The van der Waals surface area contributed by atoms with Gasteiger partial charge in [0, 0.05) is 12.2 Å². The van der Waals surface area contributed by atoms with Crippen LogP contribution in [0.4, 0.5) is 5.69 Å². The molecule has 1 aromatic carbocycles. The van der Waals surface area contributed by atoms with Gasteiger partial charge in [0.15, 0.2) is 0 Å². The molecule has 0 amide bonds. The molecular formula is C8H13N3O2S. The molecular weight excluding hydrogens is 202 g/mol. The van der Waals surface area contributed by atoms with Crippen LogP contribution < -0.4 is 15.0 Å². The third-order valence-electron chi connectivity index (χ3n) is 1.44. The van der Waals surface area contributed by atoms with Gasteiger partial charge in [-0.15, -0.1) is 4.83 Å². The van der Waals surface area contributed by atoms with Crippen molar-refractivity contribution < 1.29 is 8.42 Å². The summed E-state index contributed by atoms with van der Waals surface area (Å²) in [4.78, 5) is 2.19. The van der Waals surface area contributed by atoms with Gasteiger partial charge in [0.25, 0.3) is 10.2 Å². The lowest BCUT2D eigenvalue weighted by atomic mass is 10.3. The van der Waals surface area contributed by atoms with Crippen LogP contribution in [0.25, 0.3) is 0 Å². The molecule has 0 aliphatic rings. The van der Waals surface area contributed by atoms with Crippen LogP contribution in [0, 0.1) is 0 Å². The Morgan fingerprint density at radius 3 is 2.43 bits per heavy atom. The standard InChI is InChI=1S/C8H13N3O2S/c1-2-9-14(12,13)11-10-8-6-4-3-5-7-8/h3-7,9-11H,2H2,1H3. The van der Waals surface area contributed by atoms with Gasteiger partial charge in [0.1, 0.15) is 0 Å². The van der Waals surface area contributed by atoms with E-state index < -0.39 is 10.2 Å². The predicted molar refractivity (Wildman–Crippen MR) is 55.8 cm³/mol. The molecule has 6 heteroatoms. The van der Waals surface area contributed by atoms with E-state index in [1.807, 2.05) is 18.2 Å². The van der Waals surface area contributed by atoms with Crippen molar-refractivity contribution in [3.63, 3.8) is 0 Å². The number of para-hydroxylation sites is 1.